The van der Waals surface area contributed by atoms with E-state index in [0.29, 0.717) is 6.54 Å². The summed E-state index contributed by atoms with van der Waals surface area (Å²) in [6, 6.07) is 6.04. The van der Waals surface area contributed by atoms with Gasteiger partial charge < -0.3 is 15.7 Å². The summed E-state index contributed by atoms with van der Waals surface area (Å²) in [5.41, 5.74) is 6.18. The standard InChI is InChI=1S/C10H15FN2O/c1-13(10(6-12)7-14)9-4-2-3-8(11)5-9/h2-5,10,14H,6-7,12H2,1H3. The molecule has 0 heterocycles. The van der Waals surface area contributed by atoms with Crippen molar-refractivity contribution in [3.63, 3.8) is 0 Å². The molecular weight excluding hydrogens is 183 g/mol. The van der Waals surface area contributed by atoms with Gasteiger partial charge in [0.2, 0.25) is 0 Å². The molecule has 0 aromatic heterocycles. The van der Waals surface area contributed by atoms with E-state index in [-0.39, 0.29) is 18.5 Å². The number of anilines is 1. The van der Waals surface area contributed by atoms with Gasteiger partial charge in [-0.15, -0.1) is 0 Å². The van der Waals surface area contributed by atoms with Crippen LogP contribution in [0.3, 0.4) is 0 Å². The van der Waals surface area contributed by atoms with Crippen LogP contribution in [0, 0.1) is 5.82 Å². The highest BCUT2D eigenvalue weighted by molar-refractivity contribution is 5.46. The van der Waals surface area contributed by atoms with Gasteiger partial charge in [0.15, 0.2) is 0 Å². The summed E-state index contributed by atoms with van der Waals surface area (Å²) in [6.45, 7) is 0.299. The molecule has 78 valence electrons. The second-order valence-corrected chi connectivity index (χ2v) is 3.16. The molecule has 0 aliphatic rings. The van der Waals surface area contributed by atoms with Crippen LogP contribution >= 0.6 is 0 Å². The molecule has 4 heteroatoms. The van der Waals surface area contributed by atoms with Gasteiger partial charge in [-0.3, -0.25) is 0 Å². The third kappa shape index (κ3) is 2.43. The van der Waals surface area contributed by atoms with Crippen molar-refractivity contribution in [2.45, 2.75) is 6.04 Å². The zero-order valence-corrected chi connectivity index (χ0v) is 8.15. The Kier molecular flexibility index (Phi) is 3.85. The van der Waals surface area contributed by atoms with Gasteiger partial charge in [-0.2, -0.15) is 0 Å². The normalized spacial score (nSPS) is 12.6. The smallest absolute Gasteiger partial charge is 0.125 e. The summed E-state index contributed by atoms with van der Waals surface area (Å²) >= 11 is 0. The fourth-order valence-corrected chi connectivity index (χ4v) is 1.26. The molecule has 0 saturated carbocycles. The second-order valence-electron chi connectivity index (χ2n) is 3.16. The maximum absolute atomic E-state index is 12.9. The Hall–Kier alpha value is -1.13. The quantitative estimate of drug-likeness (QED) is 0.744. The van der Waals surface area contributed by atoms with Gasteiger partial charge in [0.25, 0.3) is 0 Å². The Balaban J connectivity index is 2.82. The Bertz CT molecular complexity index is 289. The molecule has 3 N–H and O–H groups in total. The number of aliphatic hydroxyl groups excluding tert-OH is 1. The zero-order chi connectivity index (χ0) is 10.6. The van der Waals surface area contributed by atoms with E-state index in [4.69, 9.17) is 10.8 Å². The summed E-state index contributed by atoms with van der Waals surface area (Å²) in [6.07, 6.45) is 0. The minimum atomic E-state index is -0.289. The molecule has 0 bridgehead atoms. The number of nitrogens with zero attached hydrogens (tertiary/aromatic N) is 1. The number of hydrogen-bond donors (Lipinski definition) is 2. The van der Waals surface area contributed by atoms with Gasteiger partial charge in [0, 0.05) is 19.3 Å². The Labute approximate surface area is 83.0 Å². The predicted octanol–water partition coefficient (Wildman–Crippen LogP) is 0.581. The van der Waals surface area contributed by atoms with Crippen LogP contribution in [0.1, 0.15) is 0 Å². The monoisotopic (exact) mass is 198 g/mol. The number of likely N-dealkylation sites (N-methyl/N-ethyl adjacent to an activating group) is 1. The Morgan fingerprint density at radius 1 is 1.57 bits per heavy atom. The molecule has 1 rings (SSSR count). The van der Waals surface area contributed by atoms with Crippen LogP contribution in [0.15, 0.2) is 24.3 Å². The SMILES string of the molecule is CN(c1cccc(F)c1)C(CN)CO. The predicted molar refractivity (Wildman–Crippen MR) is 54.7 cm³/mol. The number of aliphatic hydroxyl groups is 1. The van der Waals surface area contributed by atoms with Crippen molar-refractivity contribution in [1.82, 2.24) is 0 Å². The molecule has 0 aliphatic carbocycles. The van der Waals surface area contributed by atoms with Crippen LogP contribution in [0.2, 0.25) is 0 Å². The summed E-state index contributed by atoms with van der Waals surface area (Å²) in [5.74, 6) is -0.289. The van der Waals surface area contributed by atoms with Crippen LogP contribution in [0.4, 0.5) is 10.1 Å². The molecule has 1 aromatic rings. The van der Waals surface area contributed by atoms with Crippen molar-refractivity contribution in [1.29, 1.82) is 0 Å². The first-order valence-corrected chi connectivity index (χ1v) is 4.48. The van der Waals surface area contributed by atoms with Crippen LogP contribution in [-0.4, -0.2) is 31.3 Å². The second kappa shape index (κ2) is 4.93. The maximum atomic E-state index is 12.9. The van der Waals surface area contributed by atoms with E-state index in [2.05, 4.69) is 0 Å². The molecule has 0 aliphatic heterocycles. The fraction of sp³-hybridized carbons (Fsp3) is 0.400. The van der Waals surface area contributed by atoms with E-state index in [1.807, 2.05) is 0 Å². The molecule has 0 amide bonds. The largest absolute Gasteiger partial charge is 0.394 e. The first-order chi connectivity index (χ1) is 6.69. The lowest BCUT2D eigenvalue weighted by atomic mass is 10.2. The average Bonchev–Trinajstić information content (AvgIpc) is 2.19. The minimum absolute atomic E-state index is 0.0382. The highest BCUT2D eigenvalue weighted by Gasteiger charge is 2.12. The van der Waals surface area contributed by atoms with E-state index >= 15 is 0 Å². The van der Waals surface area contributed by atoms with Crippen LogP contribution in [0.5, 0.6) is 0 Å². The van der Waals surface area contributed by atoms with E-state index in [1.165, 1.54) is 12.1 Å². The first kappa shape index (κ1) is 10.9. The first-order valence-electron chi connectivity index (χ1n) is 4.48. The molecule has 0 spiro atoms. The fourth-order valence-electron chi connectivity index (χ4n) is 1.26. The van der Waals surface area contributed by atoms with Crippen molar-refractivity contribution >= 4 is 5.69 Å². The third-order valence-electron chi connectivity index (χ3n) is 2.25. The molecule has 0 saturated heterocycles. The number of nitrogens with two attached hydrogens (primary N) is 1. The summed E-state index contributed by atoms with van der Waals surface area (Å²) in [5, 5.41) is 9.01. The third-order valence-corrected chi connectivity index (χ3v) is 2.25. The highest BCUT2D eigenvalue weighted by atomic mass is 19.1. The van der Waals surface area contributed by atoms with Gasteiger partial charge in [-0.05, 0) is 18.2 Å². The van der Waals surface area contributed by atoms with Crippen LogP contribution < -0.4 is 10.6 Å². The molecular formula is C10H15FN2O. The maximum Gasteiger partial charge on any atom is 0.125 e. The average molecular weight is 198 g/mol. The van der Waals surface area contributed by atoms with Gasteiger partial charge in [0.1, 0.15) is 5.82 Å². The Morgan fingerprint density at radius 2 is 2.29 bits per heavy atom. The molecule has 14 heavy (non-hydrogen) atoms. The molecule has 1 atom stereocenters. The summed E-state index contributed by atoms with van der Waals surface area (Å²) in [4.78, 5) is 1.77. The lowest BCUT2D eigenvalue weighted by Gasteiger charge is -2.27. The molecule has 3 nitrogen and oxygen atoms in total. The minimum Gasteiger partial charge on any atom is -0.394 e. The highest BCUT2D eigenvalue weighted by Crippen LogP contribution is 2.15. The summed E-state index contributed by atoms with van der Waals surface area (Å²) in [7, 11) is 1.78. The number of hydrogen-bond acceptors (Lipinski definition) is 3. The topological polar surface area (TPSA) is 49.5 Å². The zero-order valence-electron chi connectivity index (χ0n) is 8.15. The van der Waals surface area contributed by atoms with Gasteiger partial charge in [0.05, 0.1) is 12.6 Å². The van der Waals surface area contributed by atoms with E-state index in [1.54, 1.807) is 24.1 Å². The van der Waals surface area contributed by atoms with Crippen molar-refractivity contribution in [2.24, 2.45) is 5.73 Å². The Morgan fingerprint density at radius 3 is 2.79 bits per heavy atom. The van der Waals surface area contributed by atoms with E-state index in [0.717, 1.165) is 5.69 Å². The molecule has 1 aromatic carbocycles. The van der Waals surface area contributed by atoms with Gasteiger partial charge in [-0.1, -0.05) is 6.07 Å². The lowest BCUT2D eigenvalue weighted by Crippen LogP contribution is -2.40. The summed E-state index contributed by atoms with van der Waals surface area (Å²) < 4.78 is 12.9. The molecule has 0 radical (unpaired) electrons. The van der Waals surface area contributed by atoms with E-state index in [9.17, 15) is 4.39 Å². The molecule has 0 fully saturated rings. The number of benzene rings is 1. The van der Waals surface area contributed by atoms with Crippen molar-refractivity contribution in [3.8, 4) is 0 Å². The van der Waals surface area contributed by atoms with Crippen molar-refractivity contribution < 1.29 is 9.50 Å². The van der Waals surface area contributed by atoms with Crippen molar-refractivity contribution in [3.05, 3.63) is 30.1 Å². The number of halogens is 1. The van der Waals surface area contributed by atoms with Gasteiger partial charge >= 0.3 is 0 Å². The number of rotatable bonds is 4. The van der Waals surface area contributed by atoms with Gasteiger partial charge in [-0.25, -0.2) is 4.39 Å². The van der Waals surface area contributed by atoms with E-state index < -0.39 is 0 Å². The van der Waals surface area contributed by atoms with Crippen molar-refractivity contribution in [2.75, 3.05) is 25.1 Å². The lowest BCUT2D eigenvalue weighted by molar-refractivity contribution is 0.265. The van der Waals surface area contributed by atoms with Crippen LogP contribution in [0.25, 0.3) is 0 Å². The molecule has 1 unspecified atom stereocenters. The van der Waals surface area contributed by atoms with Crippen LogP contribution in [-0.2, 0) is 0 Å².